The lowest BCUT2D eigenvalue weighted by atomic mass is 9.99. The molecule has 0 aliphatic heterocycles. The Morgan fingerprint density at radius 1 is 0.878 bits per heavy atom. The smallest absolute Gasteiger partial charge is 0.388 e. The van der Waals surface area contributed by atoms with E-state index >= 15 is 0 Å². The lowest BCUT2D eigenvalue weighted by molar-refractivity contribution is -0.137. The van der Waals surface area contributed by atoms with Crippen LogP contribution in [0.2, 0.25) is 0 Å². The third-order valence-electron chi connectivity index (χ3n) is 6.82. The van der Waals surface area contributed by atoms with Crippen LogP contribution in [0.4, 0.5) is 17.6 Å². The number of hydrogen-bond acceptors (Lipinski definition) is 4. The minimum absolute atomic E-state index is 0.0689. The van der Waals surface area contributed by atoms with Crippen molar-refractivity contribution in [1.82, 2.24) is 4.57 Å². The number of aliphatic hydroxyl groups excluding tert-OH is 1. The standard InChI is InChI=1S/C31H25F4NO4S/c1-20-13-15-23(16-14-20)41(38,39)40-19-29(37)30(21-7-6-8-22(32)17-21)36-18-26(25-10-3-5-12-28(25)36)24-9-2-4-11-27(24)31(33,34)35/h2-18,29-30,37H,19H2,1H3/t29-,30+/m1/s1. The summed E-state index contributed by atoms with van der Waals surface area (Å²) in [6, 6.07) is 22.1. The summed E-state index contributed by atoms with van der Waals surface area (Å²) in [5.74, 6) is -0.605. The summed E-state index contributed by atoms with van der Waals surface area (Å²) in [5, 5.41) is 11.8. The zero-order chi connectivity index (χ0) is 29.4. The Bertz CT molecular complexity index is 1800. The maximum Gasteiger partial charge on any atom is 0.417 e. The lowest BCUT2D eigenvalue weighted by Gasteiger charge is -2.26. The largest absolute Gasteiger partial charge is 0.417 e. The van der Waals surface area contributed by atoms with E-state index in [4.69, 9.17) is 4.18 Å². The number of fused-ring (bicyclic) bond motifs is 1. The molecule has 10 heteroatoms. The van der Waals surface area contributed by atoms with E-state index in [0.29, 0.717) is 10.9 Å². The summed E-state index contributed by atoms with van der Waals surface area (Å²) >= 11 is 0. The van der Waals surface area contributed by atoms with Gasteiger partial charge in [0.15, 0.2) is 0 Å². The Balaban J connectivity index is 1.62. The van der Waals surface area contributed by atoms with Gasteiger partial charge in [0.1, 0.15) is 11.9 Å². The van der Waals surface area contributed by atoms with Crippen molar-refractivity contribution in [3.05, 3.63) is 126 Å². The van der Waals surface area contributed by atoms with Crippen molar-refractivity contribution in [1.29, 1.82) is 0 Å². The molecule has 2 atom stereocenters. The SMILES string of the molecule is Cc1ccc(S(=O)(=O)OC[C@@H](O)[C@H](c2cccc(F)c2)n2cc(-c3ccccc3C(F)(F)F)c3ccccc32)cc1. The Morgan fingerprint density at radius 3 is 2.27 bits per heavy atom. The number of hydrogen-bond donors (Lipinski definition) is 1. The number of aryl methyl sites for hydroxylation is 1. The molecule has 0 saturated carbocycles. The molecule has 5 rings (SSSR count). The second-order valence-electron chi connectivity index (χ2n) is 9.63. The van der Waals surface area contributed by atoms with Crippen LogP contribution in [0, 0.1) is 12.7 Å². The summed E-state index contributed by atoms with van der Waals surface area (Å²) in [6.07, 6.45) is -4.71. The molecular weight excluding hydrogens is 558 g/mol. The van der Waals surface area contributed by atoms with E-state index in [9.17, 15) is 31.1 Å². The molecule has 4 aromatic carbocycles. The normalized spacial score (nSPS) is 13.8. The first-order valence-corrected chi connectivity index (χ1v) is 14.0. The van der Waals surface area contributed by atoms with Crippen LogP contribution < -0.4 is 0 Å². The third-order valence-corrected chi connectivity index (χ3v) is 8.12. The van der Waals surface area contributed by atoms with Gasteiger partial charge in [0.25, 0.3) is 10.1 Å². The first-order valence-electron chi connectivity index (χ1n) is 12.6. The average Bonchev–Trinajstić information content (AvgIpc) is 3.31. The Morgan fingerprint density at radius 2 is 1.56 bits per heavy atom. The van der Waals surface area contributed by atoms with Crippen molar-refractivity contribution in [2.45, 2.75) is 30.1 Å². The Kier molecular flexibility index (Phi) is 7.74. The maximum absolute atomic E-state index is 14.4. The van der Waals surface area contributed by atoms with Gasteiger partial charge in [-0.2, -0.15) is 21.6 Å². The highest BCUT2D eigenvalue weighted by Gasteiger charge is 2.35. The fraction of sp³-hybridized carbons (Fsp3) is 0.161. The van der Waals surface area contributed by atoms with Crippen molar-refractivity contribution >= 4 is 21.0 Å². The fourth-order valence-corrected chi connectivity index (χ4v) is 5.82. The second kappa shape index (κ2) is 11.1. The van der Waals surface area contributed by atoms with E-state index in [1.807, 2.05) is 0 Å². The Hall–Kier alpha value is -3.99. The molecule has 0 bridgehead atoms. The molecule has 0 aliphatic rings. The van der Waals surface area contributed by atoms with Gasteiger partial charge in [0.05, 0.1) is 23.1 Å². The van der Waals surface area contributed by atoms with Gasteiger partial charge in [-0.1, -0.05) is 66.2 Å². The van der Waals surface area contributed by atoms with Gasteiger partial charge in [-0.05, 0) is 54.4 Å². The molecule has 1 aromatic heterocycles. The summed E-state index contributed by atoms with van der Waals surface area (Å²) in [5.41, 5.74) is 0.909. The highest BCUT2D eigenvalue weighted by atomic mass is 32.2. The Labute approximate surface area is 234 Å². The lowest BCUT2D eigenvalue weighted by Crippen LogP contribution is -2.30. The van der Waals surface area contributed by atoms with Crippen LogP contribution in [0.3, 0.4) is 0 Å². The molecule has 0 aliphatic carbocycles. The maximum atomic E-state index is 14.4. The quantitative estimate of drug-likeness (QED) is 0.156. The van der Waals surface area contributed by atoms with Crippen molar-refractivity contribution < 1.29 is 35.3 Å². The number of alkyl halides is 3. The summed E-state index contributed by atoms with van der Waals surface area (Å²) in [6.45, 7) is 1.10. The molecule has 1 N–H and O–H groups in total. The molecule has 0 fully saturated rings. The van der Waals surface area contributed by atoms with Crippen molar-refractivity contribution in [3.8, 4) is 11.1 Å². The molecular formula is C31H25F4NO4S. The molecule has 0 saturated heterocycles. The van der Waals surface area contributed by atoms with Crippen LogP contribution in [-0.4, -0.2) is 30.8 Å². The van der Waals surface area contributed by atoms with E-state index in [-0.39, 0.29) is 21.6 Å². The number of nitrogens with zero attached hydrogens (tertiary/aromatic N) is 1. The average molecular weight is 584 g/mol. The van der Waals surface area contributed by atoms with E-state index in [1.165, 1.54) is 59.3 Å². The third kappa shape index (κ3) is 5.90. The van der Waals surface area contributed by atoms with Gasteiger partial charge in [-0.25, -0.2) is 4.39 Å². The van der Waals surface area contributed by atoms with Gasteiger partial charge < -0.3 is 9.67 Å². The van der Waals surface area contributed by atoms with Crippen LogP contribution in [0.25, 0.3) is 22.0 Å². The predicted octanol–water partition coefficient (Wildman–Crippen LogP) is 7.13. The summed E-state index contributed by atoms with van der Waals surface area (Å²) in [7, 11) is -4.25. The zero-order valence-corrected chi connectivity index (χ0v) is 22.5. The van der Waals surface area contributed by atoms with Crippen molar-refractivity contribution in [3.63, 3.8) is 0 Å². The van der Waals surface area contributed by atoms with Gasteiger partial charge in [0, 0.05) is 22.7 Å². The summed E-state index contributed by atoms with van der Waals surface area (Å²) < 4.78 is 88.6. The molecule has 5 aromatic rings. The molecule has 0 spiro atoms. The van der Waals surface area contributed by atoms with Crippen molar-refractivity contribution in [2.75, 3.05) is 6.61 Å². The summed E-state index contributed by atoms with van der Waals surface area (Å²) in [4.78, 5) is -0.102. The number of benzene rings is 4. The van der Waals surface area contributed by atoms with Crippen LogP contribution >= 0.6 is 0 Å². The van der Waals surface area contributed by atoms with Crippen LogP contribution in [0.5, 0.6) is 0 Å². The van der Waals surface area contributed by atoms with Crippen molar-refractivity contribution in [2.24, 2.45) is 0 Å². The van der Waals surface area contributed by atoms with Gasteiger partial charge in [-0.15, -0.1) is 0 Å². The van der Waals surface area contributed by atoms with E-state index in [2.05, 4.69) is 0 Å². The van der Waals surface area contributed by atoms with Gasteiger partial charge in [-0.3, -0.25) is 4.18 Å². The number of para-hydroxylation sites is 1. The highest BCUT2D eigenvalue weighted by molar-refractivity contribution is 7.86. The number of aliphatic hydroxyl groups is 1. The minimum Gasteiger partial charge on any atom is -0.388 e. The molecule has 1 heterocycles. The monoisotopic (exact) mass is 583 g/mol. The molecule has 0 unspecified atom stereocenters. The van der Waals surface area contributed by atoms with E-state index < -0.39 is 46.4 Å². The van der Waals surface area contributed by atoms with Gasteiger partial charge >= 0.3 is 6.18 Å². The van der Waals surface area contributed by atoms with E-state index in [1.54, 1.807) is 49.4 Å². The minimum atomic E-state index is -4.63. The van der Waals surface area contributed by atoms with E-state index in [0.717, 1.165) is 11.6 Å². The van der Waals surface area contributed by atoms with Crippen LogP contribution in [0.15, 0.2) is 108 Å². The predicted molar refractivity (Wildman–Crippen MR) is 147 cm³/mol. The zero-order valence-electron chi connectivity index (χ0n) is 21.7. The molecule has 5 nitrogen and oxygen atoms in total. The second-order valence-corrected chi connectivity index (χ2v) is 11.2. The topological polar surface area (TPSA) is 68.5 Å². The number of aromatic nitrogens is 1. The van der Waals surface area contributed by atoms with Gasteiger partial charge in [0.2, 0.25) is 0 Å². The molecule has 0 radical (unpaired) electrons. The first kappa shape index (κ1) is 28.5. The highest BCUT2D eigenvalue weighted by Crippen LogP contribution is 2.41. The fourth-order valence-electron chi connectivity index (χ4n) is 4.90. The molecule has 41 heavy (non-hydrogen) atoms. The van der Waals surface area contributed by atoms with Crippen LogP contribution in [-0.2, 0) is 20.5 Å². The molecule has 0 amide bonds. The molecule has 212 valence electrons. The van der Waals surface area contributed by atoms with Crippen LogP contribution in [0.1, 0.15) is 22.7 Å². The number of rotatable bonds is 8. The number of halogens is 4. The first-order chi connectivity index (χ1) is 19.5.